The molecule has 1 atom stereocenters. The van der Waals surface area contributed by atoms with Crippen LogP contribution >= 0.6 is 11.6 Å². The van der Waals surface area contributed by atoms with Gasteiger partial charge in [-0.25, -0.2) is 14.2 Å². The molecule has 3 aliphatic rings. The summed E-state index contributed by atoms with van der Waals surface area (Å²) in [5, 5.41) is 12.1. The summed E-state index contributed by atoms with van der Waals surface area (Å²) >= 11 is 5.98. The average Bonchev–Trinajstić information content (AvgIpc) is 3.78. The topological polar surface area (TPSA) is 128 Å². The van der Waals surface area contributed by atoms with Crippen LogP contribution in [0.4, 0.5) is 15.8 Å². The summed E-state index contributed by atoms with van der Waals surface area (Å²) < 4.78 is 16.2. The molecule has 0 saturated carbocycles. The quantitative estimate of drug-likeness (QED) is 0.269. The zero-order chi connectivity index (χ0) is 34.2. The lowest BCUT2D eigenvalue weighted by Crippen LogP contribution is -2.47. The highest BCUT2D eigenvalue weighted by Crippen LogP contribution is 2.38. The van der Waals surface area contributed by atoms with E-state index in [-0.39, 0.29) is 40.5 Å². The second kappa shape index (κ2) is 13.3. The summed E-state index contributed by atoms with van der Waals surface area (Å²) in [5.41, 5.74) is 3.26. The summed E-state index contributed by atoms with van der Waals surface area (Å²) in [6.45, 7) is 2.56. The first-order valence-electron chi connectivity index (χ1n) is 16.3. The number of hydrogen-bond donors (Lipinski definition) is 2. The van der Waals surface area contributed by atoms with E-state index in [4.69, 9.17) is 11.6 Å². The molecule has 0 aliphatic carbocycles. The van der Waals surface area contributed by atoms with Crippen molar-refractivity contribution in [3.63, 3.8) is 0 Å². The van der Waals surface area contributed by atoms with Crippen molar-refractivity contribution in [2.24, 2.45) is 0 Å². The zero-order valence-electron chi connectivity index (χ0n) is 26.5. The molecule has 3 aliphatic heterocycles. The van der Waals surface area contributed by atoms with Gasteiger partial charge in [-0.15, -0.1) is 0 Å². The molecule has 0 spiro atoms. The van der Waals surface area contributed by atoms with Crippen molar-refractivity contribution in [2.75, 3.05) is 36.4 Å². The maximum Gasteiger partial charge on any atom is 0.335 e. The molecule has 2 fully saturated rings. The molecule has 252 valence electrons. The second-order valence-electron chi connectivity index (χ2n) is 12.5. The zero-order valence-corrected chi connectivity index (χ0v) is 27.3. The number of halogens is 2. The number of likely N-dealkylation sites (tertiary alicyclic amines) is 1. The van der Waals surface area contributed by atoms with E-state index in [1.165, 1.54) is 58.4 Å². The Kier molecular flexibility index (Phi) is 8.81. The molecular formula is C36H34ClFN6O5. The Bertz CT molecular complexity index is 1940. The molecule has 13 heteroatoms. The van der Waals surface area contributed by atoms with Gasteiger partial charge in [0.05, 0.1) is 16.3 Å². The number of benzene rings is 3. The van der Waals surface area contributed by atoms with E-state index < -0.39 is 29.6 Å². The van der Waals surface area contributed by atoms with Crippen molar-refractivity contribution in [3.05, 3.63) is 106 Å². The Morgan fingerprint density at radius 3 is 2.37 bits per heavy atom. The van der Waals surface area contributed by atoms with Crippen molar-refractivity contribution in [1.82, 2.24) is 19.4 Å². The van der Waals surface area contributed by atoms with Crippen molar-refractivity contribution >= 4 is 46.7 Å². The number of carboxylic acids is 1. The minimum absolute atomic E-state index is 0.0288. The number of amides is 3. The van der Waals surface area contributed by atoms with E-state index in [1.807, 2.05) is 23.1 Å². The van der Waals surface area contributed by atoms with Gasteiger partial charge in [0.2, 0.25) is 5.91 Å². The van der Waals surface area contributed by atoms with Crippen LogP contribution in [-0.4, -0.2) is 80.4 Å². The van der Waals surface area contributed by atoms with Gasteiger partial charge in [-0.3, -0.25) is 14.4 Å². The highest BCUT2D eigenvalue weighted by Gasteiger charge is 2.39. The van der Waals surface area contributed by atoms with Gasteiger partial charge in [-0.05, 0) is 79.3 Å². The molecule has 4 aromatic rings. The van der Waals surface area contributed by atoms with Crippen molar-refractivity contribution in [2.45, 2.75) is 44.2 Å². The molecule has 1 aromatic heterocycles. The van der Waals surface area contributed by atoms with Crippen molar-refractivity contribution in [3.8, 4) is 5.69 Å². The van der Waals surface area contributed by atoms with Crippen molar-refractivity contribution in [1.29, 1.82) is 0 Å². The van der Waals surface area contributed by atoms with E-state index in [9.17, 15) is 28.7 Å². The normalized spacial score (nSPS) is 18.0. The number of imidazole rings is 1. The number of nitrogens with one attached hydrogen (secondary N) is 1. The summed E-state index contributed by atoms with van der Waals surface area (Å²) in [4.78, 5) is 62.1. The van der Waals surface area contributed by atoms with E-state index in [0.29, 0.717) is 24.1 Å². The number of piperidine rings is 1. The molecule has 3 amide bonds. The van der Waals surface area contributed by atoms with Crippen molar-refractivity contribution < 1.29 is 28.7 Å². The van der Waals surface area contributed by atoms with Crippen LogP contribution in [-0.2, 0) is 16.0 Å². The van der Waals surface area contributed by atoms with Crippen LogP contribution in [0.3, 0.4) is 0 Å². The van der Waals surface area contributed by atoms with Crippen LogP contribution in [0, 0.1) is 5.82 Å². The number of nitrogens with zero attached hydrogens (tertiary/aromatic N) is 5. The SMILES string of the molecule is O=C(O)c1ccc(NC(=O)C2c3cccc(N4CCC(N5CCCC5=O)CC4)c3CCN2C(=O)c2cn(-c3cccc(Cl)c3F)cn2)cc1. The van der Waals surface area contributed by atoms with Gasteiger partial charge in [-0.1, -0.05) is 29.8 Å². The van der Waals surface area contributed by atoms with Crippen LogP contribution in [0.2, 0.25) is 5.02 Å². The minimum atomic E-state index is -1.09. The van der Waals surface area contributed by atoms with E-state index in [2.05, 4.69) is 15.2 Å². The van der Waals surface area contributed by atoms with Gasteiger partial charge in [0.15, 0.2) is 5.82 Å². The third-order valence-electron chi connectivity index (χ3n) is 9.67. The van der Waals surface area contributed by atoms with Gasteiger partial charge in [0.1, 0.15) is 18.1 Å². The Morgan fingerprint density at radius 2 is 1.65 bits per heavy atom. The van der Waals surface area contributed by atoms with Crippen LogP contribution in [0.1, 0.15) is 63.7 Å². The first-order valence-corrected chi connectivity index (χ1v) is 16.7. The third kappa shape index (κ3) is 6.24. The summed E-state index contributed by atoms with van der Waals surface area (Å²) in [7, 11) is 0. The number of anilines is 2. The lowest BCUT2D eigenvalue weighted by atomic mass is 9.89. The number of aromatic nitrogens is 2. The largest absolute Gasteiger partial charge is 0.478 e. The number of carboxylic acid groups (broad SMARTS) is 1. The molecule has 1 unspecified atom stereocenters. The van der Waals surface area contributed by atoms with Crippen LogP contribution in [0.25, 0.3) is 5.69 Å². The molecule has 3 aromatic carbocycles. The second-order valence-corrected chi connectivity index (χ2v) is 12.9. The van der Waals surface area contributed by atoms with Gasteiger partial charge in [-0.2, -0.15) is 0 Å². The standard InChI is InChI=1S/C36H34ClFN6O5/c37-27-5-2-7-30(32(27)38)42-20-28(39-21-42)35(47)44-19-15-25-26(33(44)34(46)40-23-11-9-22(10-12-23)36(48)49)4-1-6-29(25)41-17-13-24(14-18-41)43-16-3-8-31(43)45/h1-2,4-7,9-12,20-21,24,33H,3,8,13-19H2,(H,40,46)(H,48,49). The number of carbonyl (C=O) groups is 4. The van der Waals surface area contributed by atoms with Crippen LogP contribution < -0.4 is 10.2 Å². The first kappa shape index (κ1) is 32.3. The predicted octanol–water partition coefficient (Wildman–Crippen LogP) is 5.33. The highest BCUT2D eigenvalue weighted by atomic mass is 35.5. The summed E-state index contributed by atoms with van der Waals surface area (Å²) in [5.74, 6) is -2.48. The first-order chi connectivity index (χ1) is 23.7. The molecule has 49 heavy (non-hydrogen) atoms. The molecular weight excluding hydrogens is 651 g/mol. The Morgan fingerprint density at radius 1 is 0.918 bits per heavy atom. The number of aromatic carboxylic acids is 1. The Hall–Kier alpha value is -5.23. The van der Waals surface area contributed by atoms with E-state index in [0.717, 1.165) is 50.1 Å². The van der Waals surface area contributed by atoms with Gasteiger partial charge >= 0.3 is 5.97 Å². The van der Waals surface area contributed by atoms with E-state index in [1.54, 1.807) is 6.07 Å². The molecule has 4 heterocycles. The fourth-order valence-electron chi connectivity index (χ4n) is 7.23. The fourth-order valence-corrected chi connectivity index (χ4v) is 7.40. The maximum atomic E-state index is 14.8. The summed E-state index contributed by atoms with van der Waals surface area (Å²) in [6, 6.07) is 15.3. The molecule has 7 rings (SSSR count). The lowest BCUT2D eigenvalue weighted by molar-refractivity contribution is -0.130. The van der Waals surface area contributed by atoms with E-state index >= 15 is 0 Å². The van der Waals surface area contributed by atoms with Gasteiger partial charge in [0, 0.05) is 56.2 Å². The predicted molar refractivity (Wildman–Crippen MR) is 181 cm³/mol. The average molecular weight is 685 g/mol. The highest BCUT2D eigenvalue weighted by molar-refractivity contribution is 6.30. The number of rotatable bonds is 7. The smallest absolute Gasteiger partial charge is 0.335 e. The molecule has 0 radical (unpaired) electrons. The number of fused-ring (bicyclic) bond motifs is 1. The van der Waals surface area contributed by atoms with Gasteiger partial charge in [0.25, 0.3) is 11.8 Å². The minimum Gasteiger partial charge on any atom is -0.478 e. The maximum absolute atomic E-state index is 14.8. The number of hydrogen-bond acceptors (Lipinski definition) is 6. The number of carbonyl (C=O) groups excluding carboxylic acids is 3. The fraction of sp³-hybridized carbons (Fsp3) is 0.306. The molecule has 2 N–H and O–H groups in total. The molecule has 11 nitrogen and oxygen atoms in total. The molecule has 2 saturated heterocycles. The Labute approximate surface area is 286 Å². The summed E-state index contributed by atoms with van der Waals surface area (Å²) in [6.07, 6.45) is 6.47. The van der Waals surface area contributed by atoms with Gasteiger partial charge < -0.3 is 29.7 Å². The lowest BCUT2D eigenvalue weighted by Gasteiger charge is -2.41. The van der Waals surface area contributed by atoms with Crippen LogP contribution in [0.5, 0.6) is 0 Å². The monoisotopic (exact) mass is 684 g/mol. The van der Waals surface area contributed by atoms with Crippen LogP contribution in [0.15, 0.2) is 73.2 Å². The molecule has 0 bridgehead atoms. The third-order valence-corrected chi connectivity index (χ3v) is 9.96. The Balaban J connectivity index is 1.19.